The van der Waals surface area contributed by atoms with E-state index in [0.29, 0.717) is 13.0 Å². The Hall–Kier alpha value is -2.12. The van der Waals surface area contributed by atoms with Gasteiger partial charge in [0.25, 0.3) is 0 Å². The van der Waals surface area contributed by atoms with Gasteiger partial charge in [0.1, 0.15) is 6.10 Å². The number of carbonyl (C=O) groups excluding carboxylic acids is 4. The molecule has 2 atom stereocenters. The van der Waals surface area contributed by atoms with Crippen LogP contribution in [0, 0.1) is 11.8 Å². The number of imide groups is 1. The Labute approximate surface area is 185 Å². The molecule has 2 aliphatic rings. The minimum atomic E-state index is -0.848. The second kappa shape index (κ2) is 13.3. The molecule has 176 valence electrons. The normalized spacial score (nSPS) is 20.9. The second-order valence-corrected chi connectivity index (χ2v) is 8.27. The van der Waals surface area contributed by atoms with Crippen LogP contribution in [0.4, 0.5) is 4.79 Å². The topological polar surface area (TPSA) is 99.2 Å². The van der Waals surface area contributed by atoms with Gasteiger partial charge in [-0.15, -0.1) is 0 Å². The molecule has 2 fully saturated rings. The van der Waals surface area contributed by atoms with Crippen molar-refractivity contribution in [3.63, 3.8) is 0 Å². The molecule has 0 aromatic carbocycles. The zero-order valence-electron chi connectivity index (χ0n) is 18.9. The van der Waals surface area contributed by atoms with E-state index >= 15 is 0 Å². The number of fused-ring (bicyclic) bond motifs is 1. The van der Waals surface area contributed by atoms with Gasteiger partial charge in [-0.05, 0) is 46.0 Å². The van der Waals surface area contributed by atoms with E-state index in [1.165, 1.54) is 4.90 Å². The quantitative estimate of drug-likeness (QED) is 0.185. The van der Waals surface area contributed by atoms with Crippen molar-refractivity contribution >= 4 is 23.9 Å². The van der Waals surface area contributed by atoms with E-state index in [1.807, 2.05) is 0 Å². The Morgan fingerprint density at radius 1 is 0.935 bits per heavy atom. The number of esters is 2. The van der Waals surface area contributed by atoms with Crippen LogP contribution in [-0.4, -0.2) is 54.7 Å². The molecule has 2 rings (SSSR count). The Balaban J connectivity index is 1.61. The third-order valence-electron chi connectivity index (χ3n) is 6.03. The molecule has 1 saturated heterocycles. The predicted octanol–water partition coefficient (Wildman–Crippen LogP) is 4.00. The van der Waals surface area contributed by atoms with Crippen LogP contribution in [-0.2, 0) is 28.6 Å². The first kappa shape index (κ1) is 25.1. The van der Waals surface area contributed by atoms with E-state index in [4.69, 9.17) is 14.2 Å². The zero-order chi connectivity index (χ0) is 22.6. The number of hydrogen-bond donors (Lipinski definition) is 0. The summed E-state index contributed by atoms with van der Waals surface area (Å²) in [4.78, 5) is 49.9. The number of hydrogen-bond acceptors (Lipinski definition) is 7. The summed E-state index contributed by atoms with van der Waals surface area (Å²) in [6.45, 7) is 4.32. The molecule has 1 saturated carbocycles. The molecule has 8 nitrogen and oxygen atoms in total. The summed E-state index contributed by atoms with van der Waals surface area (Å²) in [5, 5.41) is 0. The highest BCUT2D eigenvalue weighted by atomic mass is 16.6. The van der Waals surface area contributed by atoms with Gasteiger partial charge in [-0.3, -0.25) is 14.4 Å². The van der Waals surface area contributed by atoms with Crippen molar-refractivity contribution in [2.75, 3.05) is 19.8 Å². The van der Waals surface area contributed by atoms with Gasteiger partial charge in [-0.2, -0.15) is 0 Å². The standard InChI is InChI=1S/C23H37NO7/c1-3-29-21(26)18(22(27)30-4-2)14-9-7-5-6-8-12-16-24-20(25)17-13-10-11-15-19(17)31-23(24)28/h17-19H,3-16H2,1-2H3. The Morgan fingerprint density at radius 3 is 2.16 bits per heavy atom. The van der Waals surface area contributed by atoms with Crippen LogP contribution in [0.15, 0.2) is 0 Å². The summed E-state index contributed by atoms with van der Waals surface area (Å²) in [6, 6.07) is 0. The molecular formula is C23H37NO7. The molecule has 0 spiro atoms. The molecular weight excluding hydrogens is 402 g/mol. The molecule has 31 heavy (non-hydrogen) atoms. The van der Waals surface area contributed by atoms with Crippen LogP contribution in [0.5, 0.6) is 0 Å². The van der Waals surface area contributed by atoms with Crippen molar-refractivity contribution in [2.45, 2.75) is 90.6 Å². The highest BCUT2D eigenvalue weighted by molar-refractivity contribution is 5.96. The van der Waals surface area contributed by atoms with Crippen LogP contribution >= 0.6 is 0 Å². The number of ether oxygens (including phenoxy) is 3. The third-order valence-corrected chi connectivity index (χ3v) is 6.03. The summed E-state index contributed by atoms with van der Waals surface area (Å²) in [5.41, 5.74) is 0. The average molecular weight is 440 g/mol. The monoisotopic (exact) mass is 439 g/mol. The molecule has 0 aromatic heterocycles. The Morgan fingerprint density at radius 2 is 1.52 bits per heavy atom. The van der Waals surface area contributed by atoms with Crippen LogP contribution < -0.4 is 0 Å². The van der Waals surface area contributed by atoms with Gasteiger partial charge in [-0.25, -0.2) is 9.69 Å². The van der Waals surface area contributed by atoms with Crippen molar-refractivity contribution in [1.82, 2.24) is 4.90 Å². The molecule has 2 unspecified atom stereocenters. The van der Waals surface area contributed by atoms with Crippen molar-refractivity contribution < 1.29 is 33.4 Å². The number of nitrogens with zero attached hydrogens (tertiary/aromatic N) is 1. The van der Waals surface area contributed by atoms with E-state index in [0.717, 1.165) is 64.2 Å². The highest BCUT2D eigenvalue weighted by Gasteiger charge is 2.43. The van der Waals surface area contributed by atoms with E-state index in [9.17, 15) is 19.2 Å². The van der Waals surface area contributed by atoms with Gasteiger partial charge in [0, 0.05) is 6.54 Å². The van der Waals surface area contributed by atoms with Crippen LogP contribution in [0.2, 0.25) is 0 Å². The highest BCUT2D eigenvalue weighted by Crippen LogP contribution is 2.32. The fourth-order valence-electron chi connectivity index (χ4n) is 4.35. The molecule has 2 amide bonds. The number of carbonyl (C=O) groups is 4. The molecule has 1 aliphatic heterocycles. The minimum absolute atomic E-state index is 0.0649. The Bertz CT molecular complexity index is 603. The van der Waals surface area contributed by atoms with Gasteiger partial charge in [0.15, 0.2) is 5.92 Å². The summed E-state index contributed by atoms with van der Waals surface area (Å²) >= 11 is 0. The minimum Gasteiger partial charge on any atom is -0.465 e. The average Bonchev–Trinajstić information content (AvgIpc) is 2.74. The van der Waals surface area contributed by atoms with Gasteiger partial charge in [0.05, 0.1) is 19.1 Å². The third kappa shape index (κ3) is 7.51. The largest absolute Gasteiger partial charge is 0.465 e. The summed E-state index contributed by atoms with van der Waals surface area (Å²) in [6.07, 6.45) is 8.57. The predicted molar refractivity (Wildman–Crippen MR) is 113 cm³/mol. The van der Waals surface area contributed by atoms with Gasteiger partial charge < -0.3 is 14.2 Å². The number of amides is 2. The molecule has 0 bridgehead atoms. The van der Waals surface area contributed by atoms with Crippen molar-refractivity contribution in [3.8, 4) is 0 Å². The van der Waals surface area contributed by atoms with E-state index in [2.05, 4.69) is 0 Å². The summed E-state index contributed by atoms with van der Waals surface area (Å²) in [5.74, 6) is -2.10. The SMILES string of the molecule is CCOC(=O)C(CCCCCCCCN1C(=O)OC2CCCCC2C1=O)C(=O)OCC. The molecule has 0 radical (unpaired) electrons. The summed E-state index contributed by atoms with van der Waals surface area (Å²) in [7, 11) is 0. The molecule has 1 heterocycles. The molecule has 1 aliphatic carbocycles. The van der Waals surface area contributed by atoms with E-state index in [-0.39, 0.29) is 31.1 Å². The van der Waals surface area contributed by atoms with Gasteiger partial charge in [-0.1, -0.05) is 38.5 Å². The first-order valence-corrected chi connectivity index (χ1v) is 11.8. The number of unbranched alkanes of at least 4 members (excludes halogenated alkanes) is 5. The van der Waals surface area contributed by atoms with Crippen molar-refractivity contribution in [2.24, 2.45) is 11.8 Å². The van der Waals surface area contributed by atoms with Crippen LogP contribution in [0.25, 0.3) is 0 Å². The Kier molecular flexibility index (Phi) is 10.8. The lowest BCUT2D eigenvalue weighted by Crippen LogP contribution is -2.53. The van der Waals surface area contributed by atoms with Crippen LogP contribution in [0.1, 0.15) is 84.5 Å². The first-order valence-electron chi connectivity index (χ1n) is 11.8. The zero-order valence-corrected chi connectivity index (χ0v) is 18.9. The van der Waals surface area contributed by atoms with Crippen LogP contribution in [0.3, 0.4) is 0 Å². The lowest BCUT2D eigenvalue weighted by molar-refractivity contribution is -0.162. The maximum absolute atomic E-state index is 12.6. The van der Waals surface area contributed by atoms with Crippen molar-refractivity contribution in [3.05, 3.63) is 0 Å². The maximum Gasteiger partial charge on any atom is 0.416 e. The van der Waals surface area contributed by atoms with Crippen molar-refractivity contribution in [1.29, 1.82) is 0 Å². The lowest BCUT2D eigenvalue weighted by Gasteiger charge is -2.38. The molecule has 0 aromatic rings. The van der Waals surface area contributed by atoms with Gasteiger partial charge in [0.2, 0.25) is 5.91 Å². The number of rotatable bonds is 13. The maximum atomic E-state index is 12.6. The fourth-order valence-corrected chi connectivity index (χ4v) is 4.35. The lowest BCUT2D eigenvalue weighted by atomic mass is 9.84. The van der Waals surface area contributed by atoms with E-state index in [1.54, 1.807) is 13.8 Å². The molecule has 8 heteroatoms. The van der Waals surface area contributed by atoms with Gasteiger partial charge >= 0.3 is 18.0 Å². The first-order chi connectivity index (χ1) is 15.0. The smallest absolute Gasteiger partial charge is 0.416 e. The fraction of sp³-hybridized carbons (Fsp3) is 0.826. The second-order valence-electron chi connectivity index (χ2n) is 8.27. The van der Waals surface area contributed by atoms with E-state index < -0.39 is 23.9 Å². The summed E-state index contributed by atoms with van der Waals surface area (Å²) < 4.78 is 15.4. The molecule has 0 N–H and O–H groups in total.